The molecule has 0 saturated carbocycles. The van der Waals surface area contributed by atoms with Crippen molar-refractivity contribution in [2.45, 2.75) is 45.5 Å². The summed E-state index contributed by atoms with van der Waals surface area (Å²) in [6.07, 6.45) is 2.69. The van der Waals surface area contributed by atoms with Crippen LogP contribution in [0, 0.1) is 0 Å². The molecular weight excluding hydrogens is 300 g/mol. The molecular formula is C15H20N4O4. The second kappa shape index (κ2) is 5.69. The molecule has 1 atom stereocenters. The highest BCUT2D eigenvalue weighted by atomic mass is 16.6. The van der Waals surface area contributed by atoms with Gasteiger partial charge in [-0.2, -0.15) is 0 Å². The molecule has 0 unspecified atom stereocenters. The SMILES string of the molecule is CC(C)(C)OC(=O)N1Cc2c(-c3ccoc3)nnn2C[C@@H]1CO. The molecule has 0 bridgehead atoms. The number of amides is 1. The number of aliphatic hydroxyl groups excluding tert-OH is 1. The summed E-state index contributed by atoms with van der Waals surface area (Å²) in [6.45, 7) is 5.91. The van der Waals surface area contributed by atoms with Crippen molar-refractivity contribution in [1.29, 1.82) is 0 Å². The van der Waals surface area contributed by atoms with Crippen molar-refractivity contribution in [1.82, 2.24) is 19.9 Å². The van der Waals surface area contributed by atoms with Crippen LogP contribution in [0.25, 0.3) is 11.3 Å². The molecule has 1 amide bonds. The minimum Gasteiger partial charge on any atom is -0.472 e. The lowest BCUT2D eigenvalue weighted by Crippen LogP contribution is -2.50. The number of aromatic nitrogens is 3. The Morgan fingerprint density at radius 1 is 1.52 bits per heavy atom. The number of hydrogen-bond donors (Lipinski definition) is 1. The highest BCUT2D eigenvalue weighted by Gasteiger charge is 2.35. The number of furan rings is 1. The van der Waals surface area contributed by atoms with Crippen molar-refractivity contribution in [3.8, 4) is 11.3 Å². The predicted octanol–water partition coefficient (Wildman–Crippen LogP) is 1.65. The molecule has 0 spiro atoms. The third-order valence-corrected chi connectivity index (χ3v) is 3.62. The summed E-state index contributed by atoms with van der Waals surface area (Å²) < 4.78 is 12.2. The molecule has 0 radical (unpaired) electrons. The second-order valence-electron chi connectivity index (χ2n) is 6.52. The maximum Gasteiger partial charge on any atom is 0.411 e. The van der Waals surface area contributed by atoms with Crippen LogP contribution in [0.3, 0.4) is 0 Å². The summed E-state index contributed by atoms with van der Waals surface area (Å²) in [6, 6.07) is 1.40. The predicted molar refractivity (Wildman–Crippen MR) is 80.4 cm³/mol. The Balaban J connectivity index is 1.90. The molecule has 8 heteroatoms. The summed E-state index contributed by atoms with van der Waals surface area (Å²) in [5.74, 6) is 0. The van der Waals surface area contributed by atoms with Gasteiger partial charge in [0.2, 0.25) is 0 Å². The highest BCUT2D eigenvalue weighted by Crippen LogP contribution is 2.27. The molecule has 2 aromatic heterocycles. The average molecular weight is 320 g/mol. The molecule has 0 aliphatic carbocycles. The first-order valence-electron chi connectivity index (χ1n) is 7.44. The topological polar surface area (TPSA) is 93.6 Å². The molecule has 1 aliphatic rings. The van der Waals surface area contributed by atoms with Gasteiger partial charge < -0.3 is 14.3 Å². The van der Waals surface area contributed by atoms with Gasteiger partial charge in [-0.1, -0.05) is 5.21 Å². The molecule has 8 nitrogen and oxygen atoms in total. The Morgan fingerprint density at radius 3 is 2.91 bits per heavy atom. The van der Waals surface area contributed by atoms with Crippen molar-refractivity contribution < 1.29 is 19.1 Å². The Bertz CT molecular complexity index is 687. The highest BCUT2D eigenvalue weighted by molar-refractivity contribution is 5.69. The molecule has 3 heterocycles. The van der Waals surface area contributed by atoms with Gasteiger partial charge in [-0.25, -0.2) is 9.48 Å². The molecule has 2 aromatic rings. The first-order chi connectivity index (χ1) is 10.9. The zero-order valence-electron chi connectivity index (χ0n) is 13.4. The maximum absolute atomic E-state index is 12.4. The van der Waals surface area contributed by atoms with Crippen molar-refractivity contribution in [2.75, 3.05) is 6.61 Å². The molecule has 1 aliphatic heterocycles. The van der Waals surface area contributed by atoms with E-state index in [1.807, 2.05) is 20.8 Å². The lowest BCUT2D eigenvalue weighted by atomic mass is 10.1. The van der Waals surface area contributed by atoms with E-state index in [0.29, 0.717) is 12.2 Å². The van der Waals surface area contributed by atoms with Crippen molar-refractivity contribution >= 4 is 6.09 Å². The lowest BCUT2D eigenvalue weighted by Gasteiger charge is -2.35. The van der Waals surface area contributed by atoms with E-state index < -0.39 is 17.7 Å². The fourth-order valence-electron chi connectivity index (χ4n) is 2.54. The molecule has 23 heavy (non-hydrogen) atoms. The van der Waals surface area contributed by atoms with Crippen LogP contribution in [0.5, 0.6) is 0 Å². The number of fused-ring (bicyclic) bond motifs is 1. The third-order valence-electron chi connectivity index (χ3n) is 3.62. The molecule has 0 saturated heterocycles. The maximum atomic E-state index is 12.4. The number of ether oxygens (including phenoxy) is 1. The van der Waals surface area contributed by atoms with Gasteiger partial charge in [0, 0.05) is 5.56 Å². The number of aliphatic hydroxyl groups is 1. The van der Waals surface area contributed by atoms with Gasteiger partial charge in [0.05, 0.1) is 44.0 Å². The van der Waals surface area contributed by atoms with E-state index in [2.05, 4.69) is 10.3 Å². The fourth-order valence-corrected chi connectivity index (χ4v) is 2.54. The summed E-state index contributed by atoms with van der Waals surface area (Å²) in [7, 11) is 0. The monoisotopic (exact) mass is 320 g/mol. The van der Waals surface area contributed by atoms with Gasteiger partial charge in [-0.15, -0.1) is 5.10 Å². The van der Waals surface area contributed by atoms with Crippen LogP contribution in [0.15, 0.2) is 23.0 Å². The van der Waals surface area contributed by atoms with E-state index in [0.717, 1.165) is 11.3 Å². The minimum absolute atomic E-state index is 0.167. The summed E-state index contributed by atoms with van der Waals surface area (Å²) in [5.41, 5.74) is 1.67. The van der Waals surface area contributed by atoms with E-state index in [1.54, 1.807) is 23.3 Å². The van der Waals surface area contributed by atoms with Crippen LogP contribution < -0.4 is 0 Å². The van der Waals surface area contributed by atoms with Crippen LogP contribution in [-0.4, -0.2) is 49.3 Å². The Labute approximate surface area is 133 Å². The van der Waals surface area contributed by atoms with E-state index in [4.69, 9.17) is 9.15 Å². The average Bonchev–Trinajstić information content (AvgIpc) is 3.12. The fraction of sp³-hybridized carbons (Fsp3) is 0.533. The smallest absolute Gasteiger partial charge is 0.411 e. The number of nitrogens with zero attached hydrogens (tertiary/aromatic N) is 4. The molecule has 0 aromatic carbocycles. The van der Waals surface area contributed by atoms with Gasteiger partial charge in [-0.3, -0.25) is 4.90 Å². The van der Waals surface area contributed by atoms with E-state index in [-0.39, 0.29) is 13.2 Å². The van der Waals surface area contributed by atoms with Gasteiger partial charge in [0.15, 0.2) is 0 Å². The standard InChI is InChI=1S/C15H20N4O4/c1-15(2,3)23-14(21)18-7-12-13(10-4-5-22-9-10)16-17-19(12)6-11(18)8-20/h4-5,9,11,20H,6-8H2,1-3H3/t11-/m1/s1. The quantitative estimate of drug-likeness (QED) is 0.904. The number of hydrogen-bond acceptors (Lipinski definition) is 6. The molecule has 0 fully saturated rings. The zero-order chi connectivity index (χ0) is 16.6. The van der Waals surface area contributed by atoms with Crippen LogP contribution in [0.2, 0.25) is 0 Å². The van der Waals surface area contributed by atoms with Crippen LogP contribution >= 0.6 is 0 Å². The van der Waals surface area contributed by atoms with Gasteiger partial charge >= 0.3 is 6.09 Å². The lowest BCUT2D eigenvalue weighted by molar-refractivity contribution is -0.00193. The largest absolute Gasteiger partial charge is 0.472 e. The summed E-state index contributed by atoms with van der Waals surface area (Å²) in [4.78, 5) is 14.0. The Hall–Kier alpha value is -2.35. The summed E-state index contributed by atoms with van der Waals surface area (Å²) in [5, 5.41) is 17.9. The third kappa shape index (κ3) is 3.07. The molecule has 3 rings (SSSR count). The zero-order valence-corrected chi connectivity index (χ0v) is 13.4. The normalized spacial score (nSPS) is 17.9. The van der Waals surface area contributed by atoms with E-state index in [1.165, 1.54) is 4.90 Å². The second-order valence-corrected chi connectivity index (χ2v) is 6.52. The first kappa shape index (κ1) is 15.5. The van der Waals surface area contributed by atoms with Gasteiger partial charge in [0.1, 0.15) is 11.3 Å². The number of carbonyl (C=O) groups excluding carboxylic acids is 1. The van der Waals surface area contributed by atoms with E-state index in [9.17, 15) is 9.90 Å². The van der Waals surface area contributed by atoms with Crippen LogP contribution in [-0.2, 0) is 17.8 Å². The Kier molecular flexibility index (Phi) is 3.85. The van der Waals surface area contributed by atoms with Gasteiger partial charge in [-0.05, 0) is 26.8 Å². The van der Waals surface area contributed by atoms with E-state index >= 15 is 0 Å². The first-order valence-corrected chi connectivity index (χ1v) is 7.44. The van der Waals surface area contributed by atoms with Crippen molar-refractivity contribution in [3.05, 3.63) is 24.3 Å². The molecule has 124 valence electrons. The van der Waals surface area contributed by atoms with Gasteiger partial charge in [0.25, 0.3) is 0 Å². The Morgan fingerprint density at radius 2 is 2.30 bits per heavy atom. The van der Waals surface area contributed by atoms with Crippen LogP contribution in [0.4, 0.5) is 4.79 Å². The number of rotatable bonds is 2. The van der Waals surface area contributed by atoms with Crippen LogP contribution in [0.1, 0.15) is 26.5 Å². The number of carbonyl (C=O) groups is 1. The summed E-state index contributed by atoms with van der Waals surface area (Å²) >= 11 is 0. The van der Waals surface area contributed by atoms with Crippen molar-refractivity contribution in [3.63, 3.8) is 0 Å². The minimum atomic E-state index is -0.597. The van der Waals surface area contributed by atoms with Crippen molar-refractivity contribution in [2.24, 2.45) is 0 Å². The molecule has 1 N–H and O–H groups in total.